The van der Waals surface area contributed by atoms with Crippen LogP contribution in [0.5, 0.6) is 0 Å². The molecule has 4 heteroatoms. The molecule has 0 aromatic rings. The summed E-state index contributed by atoms with van der Waals surface area (Å²) in [6, 6.07) is 0. The van der Waals surface area contributed by atoms with Gasteiger partial charge in [0.25, 0.3) is 0 Å². The molecule has 0 aliphatic rings. The number of unbranched alkanes of at least 4 members (excludes halogenated alkanes) is 7. The fourth-order valence-electron chi connectivity index (χ4n) is 2.38. The SMILES string of the molecule is CCCCCCCCCCNCCCN(C)C(=O)OC(C)(C)C. The Morgan fingerprint density at radius 2 is 1.43 bits per heavy atom. The Morgan fingerprint density at radius 3 is 2.00 bits per heavy atom. The molecule has 138 valence electrons. The number of hydrogen-bond donors (Lipinski definition) is 1. The van der Waals surface area contributed by atoms with Crippen LogP contribution < -0.4 is 5.32 Å². The van der Waals surface area contributed by atoms with Crippen molar-refractivity contribution in [2.45, 2.75) is 91.1 Å². The maximum atomic E-state index is 11.8. The van der Waals surface area contributed by atoms with Gasteiger partial charge in [-0.1, -0.05) is 51.9 Å². The molecule has 23 heavy (non-hydrogen) atoms. The first-order valence-corrected chi connectivity index (χ1v) is 9.51. The Morgan fingerprint density at radius 1 is 0.913 bits per heavy atom. The quantitative estimate of drug-likeness (QED) is 0.485. The lowest BCUT2D eigenvalue weighted by atomic mass is 10.1. The third-order valence-corrected chi connectivity index (χ3v) is 3.76. The second-order valence-corrected chi connectivity index (χ2v) is 7.48. The van der Waals surface area contributed by atoms with Crippen molar-refractivity contribution in [3.05, 3.63) is 0 Å². The Bertz CT molecular complexity index is 288. The second kappa shape index (κ2) is 13.6. The molecule has 0 rings (SSSR count). The number of rotatable bonds is 13. The maximum absolute atomic E-state index is 11.8. The van der Waals surface area contributed by atoms with Crippen molar-refractivity contribution >= 4 is 6.09 Å². The molecule has 0 bridgehead atoms. The van der Waals surface area contributed by atoms with E-state index in [0.29, 0.717) is 0 Å². The molecule has 0 aromatic heterocycles. The zero-order valence-corrected chi connectivity index (χ0v) is 16.2. The number of hydrogen-bond acceptors (Lipinski definition) is 3. The average molecular weight is 329 g/mol. The lowest BCUT2D eigenvalue weighted by Crippen LogP contribution is -2.35. The van der Waals surface area contributed by atoms with Gasteiger partial charge in [-0.3, -0.25) is 0 Å². The Labute approximate surface area is 144 Å². The number of carbonyl (C=O) groups is 1. The molecule has 0 aliphatic carbocycles. The van der Waals surface area contributed by atoms with E-state index >= 15 is 0 Å². The number of ether oxygens (including phenoxy) is 1. The minimum atomic E-state index is -0.417. The third-order valence-electron chi connectivity index (χ3n) is 3.76. The van der Waals surface area contributed by atoms with E-state index in [-0.39, 0.29) is 6.09 Å². The van der Waals surface area contributed by atoms with Gasteiger partial charge in [0.2, 0.25) is 0 Å². The fourth-order valence-corrected chi connectivity index (χ4v) is 2.38. The van der Waals surface area contributed by atoms with Crippen LogP contribution in [0.1, 0.15) is 85.5 Å². The van der Waals surface area contributed by atoms with Crippen LogP contribution in [-0.2, 0) is 4.74 Å². The Kier molecular flexibility index (Phi) is 13.2. The zero-order chi connectivity index (χ0) is 17.6. The second-order valence-electron chi connectivity index (χ2n) is 7.48. The van der Waals surface area contributed by atoms with Gasteiger partial charge in [0.1, 0.15) is 5.60 Å². The van der Waals surface area contributed by atoms with Crippen molar-refractivity contribution in [1.29, 1.82) is 0 Å². The summed E-state index contributed by atoms with van der Waals surface area (Å²) < 4.78 is 5.32. The average Bonchev–Trinajstić information content (AvgIpc) is 2.46. The molecule has 0 unspecified atom stereocenters. The van der Waals surface area contributed by atoms with Gasteiger partial charge in [-0.25, -0.2) is 4.79 Å². The van der Waals surface area contributed by atoms with Crippen molar-refractivity contribution in [2.75, 3.05) is 26.7 Å². The molecule has 0 saturated carbocycles. The first-order valence-electron chi connectivity index (χ1n) is 9.51. The van der Waals surface area contributed by atoms with Crippen molar-refractivity contribution in [3.8, 4) is 0 Å². The van der Waals surface area contributed by atoms with Crippen molar-refractivity contribution in [3.63, 3.8) is 0 Å². The van der Waals surface area contributed by atoms with Crippen LogP contribution in [0.25, 0.3) is 0 Å². The molecule has 0 aromatic carbocycles. The van der Waals surface area contributed by atoms with E-state index < -0.39 is 5.60 Å². The first kappa shape index (κ1) is 22.2. The zero-order valence-electron chi connectivity index (χ0n) is 16.2. The lowest BCUT2D eigenvalue weighted by Gasteiger charge is -2.24. The monoisotopic (exact) mass is 328 g/mol. The predicted molar refractivity (Wildman–Crippen MR) is 99.0 cm³/mol. The molecule has 0 aliphatic heterocycles. The highest BCUT2D eigenvalue weighted by atomic mass is 16.6. The topological polar surface area (TPSA) is 41.6 Å². The number of nitrogens with zero attached hydrogens (tertiary/aromatic N) is 1. The van der Waals surface area contributed by atoms with Gasteiger partial charge in [0.05, 0.1) is 0 Å². The molecule has 0 heterocycles. The van der Waals surface area contributed by atoms with Gasteiger partial charge in [0.15, 0.2) is 0 Å². The van der Waals surface area contributed by atoms with Gasteiger partial charge < -0.3 is 15.0 Å². The molecule has 0 radical (unpaired) electrons. The number of amides is 1. The summed E-state index contributed by atoms with van der Waals surface area (Å²) in [7, 11) is 1.80. The van der Waals surface area contributed by atoms with E-state index in [1.165, 1.54) is 51.4 Å². The van der Waals surface area contributed by atoms with Crippen molar-refractivity contribution in [2.24, 2.45) is 0 Å². The van der Waals surface area contributed by atoms with Gasteiger partial charge >= 0.3 is 6.09 Å². The minimum absolute atomic E-state index is 0.236. The minimum Gasteiger partial charge on any atom is -0.444 e. The standard InChI is InChI=1S/C19H40N2O2/c1-6-7-8-9-10-11-12-13-15-20-16-14-17-21(5)18(22)23-19(2,3)4/h20H,6-17H2,1-5H3. The Balaban J connectivity index is 3.34. The molecule has 0 atom stereocenters. The first-order chi connectivity index (χ1) is 10.9. The Hall–Kier alpha value is -0.770. The highest BCUT2D eigenvalue weighted by Gasteiger charge is 2.18. The van der Waals surface area contributed by atoms with Crippen molar-refractivity contribution < 1.29 is 9.53 Å². The van der Waals surface area contributed by atoms with E-state index in [4.69, 9.17) is 4.74 Å². The molecular weight excluding hydrogens is 288 g/mol. The normalized spacial score (nSPS) is 11.5. The van der Waals surface area contributed by atoms with E-state index in [1.54, 1.807) is 11.9 Å². The van der Waals surface area contributed by atoms with Crippen LogP contribution in [0.3, 0.4) is 0 Å². The number of carbonyl (C=O) groups excluding carboxylic acids is 1. The van der Waals surface area contributed by atoms with Crippen LogP contribution in [0.2, 0.25) is 0 Å². The van der Waals surface area contributed by atoms with Gasteiger partial charge in [-0.2, -0.15) is 0 Å². The van der Waals surface area contributed by atoms with E-state index in [2.05, 4.69) is 12.2 Å². The van der Waals surface area contributed by atoms with E-state index in [1.807, 2.05) is 20.8 Å². The molecule has 1 amide bonds. The number of nitrogens with one attached hydrogen (secondary N) is 1. The van der Waals surface area contributed by atoms with Crippen LogP contribution >= 0.6 is 0 Å². The summed E-state index contributed by atoms with van der Waals surface area (Å²) in [5, 5.41) is 3.46. The summed E-state index contributed by atoms with van der Waals surface area (Å²) >= 11 is 0. The van der Waals surface area contributed by atoms with Crippen LogP contribution in [0, 0.1) is 0 Å². The lowest BCUT2D eigenvalue weighted by molar-refractivity contribution is 0.0297. The molecule has 1 N–H and O–H groups in total. The highest BCUT2D eigenvalue weighted by Crippen LogP contribution is 2.09. The van der Waals surface area contributed by atoms with Gasteiger partial charge in [-0.15, -0.1) is 0 Å². The summed E-state index contributed by atoms with van der Waals surface area (Å²) in [5.74, 6) is 0. The van der Waals surface area contributed by atoms with Crippen LogP contribution in [0.4, 0.5) is 4.79 Å². The summed E-state index contributed by atoms with van der Waals surface area (Å²) in [5.41, 5.74) is -0.417. The smallest absolute Gasteiger partial charge is 0.410 e. The summed E-state index contributed by atoms with van der Waals surface area (Å²) in [6.45, 7) is 10.7. The molecule has 0 fully saturated rings. The maximum Gasteiger partial charge on any atom is 0.410 e. The van der Waals surface area contributed by atoms with E-state index in [9.17, 15) is 4.79 Å². The van der Waals surface area contributed by atoms with E-state index in [0.717, 1.165) is 26.1 Å². The van der Waals surface area contributed by atoms with Crippen LogP contribution in [-0.4, -0.2) is 43.3 Å². The fraction of sp³-hybridized carbons (Fsp3) is 0.947. The highest BCUT2D eigenvalue weighted by molar-refractivity contribution is 5.67. The molecule has 0 saturated heterocycles. The van der Waals surface area contributed by atoms with Crippen molar-refractivity contribution in [1.82, 2.24) is 10.2 Å². The third kappa shape index (κ3) is 15.9. The summed E-state index contributed by atoms with van der Waals surface area (Å²) in [6.07, 6.45) is 11.6. The van der Waals surface area contributed by atoms with Gasteiger partial charge in [-0.05, 0) is 46.7 Å². The van der Waals surface area contributed by atoms with Crippen LogP contribution in [0.15, 0.2) is 0 Å². The molecular formula is C19H40N2O2. The molecule has 0 spiro atoms. The largest absolute Gasteiger partial charge is 0.444 e. The predicted octanol–water partition coefficient (Wildman–Crippen LogP) is 4.97. The summed E-state index contributed by atoms with van der Waals surface area (Å²) in [4.78, 5) is 13.4. The van der Waals surface area contributed by atoms with Gasteiger partial charge in [0, 0.05) is 13.6 Å². The molecule has 4 nitrogen and oxygen atoms in total.